The van der Waals surface area contributed by atoms with Crippen molar-refractivity contribution in [2.45, 2.75) is 50.4 Å². The number of carbonyl (C=O) groups excluding carboxylic acids is 2. The number of anilines is 3. The molecule has 0 spiro atoms. The van der Waals surface area contributed by atoms with Crippen LogP contribution in [-0.4, -0.2) is 27.0 Å². The molecule has 2 atom stereocenters. The van der Waals surface area contributed by atoms with Gasteiger partial charge in [-0.15, -0.1) is 11.3 Å². The van der Waals surface area contributed by atoms with Gasteiger partial charge in [-0.05, 0) is 61.9 Å². The molecule has 0 saturated heterocycles. The van der Waals surface area contributed by atoms with Crippen molar-refractivity contribution in [2.24, 2.45) is 5.92 Å². The fourth-order valence-electron chi connectivity index (χ4n) is 3.70. The molecule has 0 fully saturated rings. The smallest absolute Gasteiger partial charge is 0.237 e. The Morgan fingerprint density at radius 3 is 2.55 bits per heavy atom. The third-order valence-corrected chi connectivity index (χ3v) is 7.40. The van der Waals surface area contributed by atoms with E-state index in [4.69, 9.17) is 10.7 Å². The Morgan fingerprint density at radius 1 is 1.19 bits per heavy atom. The summed E-state index contributed by atoms with van der Waals surface area (Å²) in [5.74, 6) is 0.887. The molecule has 1 aromatic carbocycles. The van der Waals surface area contributed by atoms with Crippen LogP contribution in [0.2, 0.25) is 0 Å². The van der Waals surface area contributed by atoms with Crippen molar-refractivity contribution < 1.29 is 9.59 Å². The second kappa shape index (κ2) is 8.84. The SMILES string of the molecule is CC(=O)Nc1ccc(NC(=O)[C@@H](C)Sc2nc(N)c3c4c(sc3n2)C[C@@H](C)CC4)cc1. The topological polar surface area (TPSA) is 110 Å². The van der Waals surface area contributed by atoms with Crippen LogP contribution in [0, 0.1) is 5.92 Å². The van der Waals surface area contributed by atoms with Crippen LogP contribution < -0.4 is 16.4 Å². The molecule has 1 aliphatic carbocycles. The fourth-order valence-corrected chi connectivity index (χ4v) is 5.92. The van der Waals surface area contributed by atoms with Crippen LogP contribution in [0.5, 0.6) is 0 Å². The van der Waals surface area contributed by atoms with E-state index in [2.05, 4.69) is 22.5 Å². The maximum atomic E-state index is 12.6. The number of fused-ring (bicyclic) bond motifs is 3. The van der Waals surface area contributed by atoms with Gasteiger partial charge in [0.05, 0.1) is 10.6 Å². The van der Waals surface area contributed by atoms with Gasteiger partial charge in [0.15, 0.2) is 5.16 Å². The van der Waals surface area contributed by atoms with E-state index in [0.29, 0.717) is 28.3 Å². The van der Waals surface area contributed by atoms with Crippen LogP contribution in [-0.2, 0) is 22.4 Å². The molecule has 2 aromatic heterocycles. The second-order valence-corrected chi connectivity index (χ2v) is 10.3. The normalized spacial score (nSPS) is 16.5. The largest absolute Gasteiger partial charge is 0.383 e. The number of hydrogen-bond acceptors (Lipinski definition) is 7. The van der Waals surface area contributed by atoms with Gasteiger partial charge in [0.1, 0.15) is 10.6 Å². The van der Waals surface area contributed by atoms with Crippen LogP contribution in [0.15, 0.2) is 29.4 Å². The van der Waals surface area contributed by atoms with Crippen LogP contribution in [0.1, 0.15) is 37.6 Å². The minimum absolute atomic E-state index is 0.140. The summed E-state index contributed by atoms with van der Waals surface area (Å²) in [5, 5.41) is 6.69. The lowest BCUT2D eigenvalue weighted by molar-refractivity contribution is -0.115. The van der Waals surface area contributed by atoms with Crippen molar-refractivity contribution in [3.63, 3.8) is 0 Å². The summed E-state index contributed by atoms with van der Waals surface area (Å²) in [6.07, 6.45) is 3.26. The van der Waals surface area contributed by atoms with Crippen molar-refractivity contribution in [1.29, 1.82) is 0 Å². The molecule has 1 aliphatic rings. The number of carbonyl (C=O) groups is 2. The molecule has 0 aliphatic heterocycles. The summed E-state index contributed by atoms with van der Waals surface area (Å²) in [5.41, 5.74) is 8.94. The second-order valence-electron chi connectivity index (χ2n) is 7.93. The lowest BCUT2D eigenvalue weighted by atomic mass is 9.89. The molecule has 4 rings (SSSR count). The number of nitrogens with zero attached hydrogens (tertiary/aromatic N) is 2. The third-order valence-electron chi connectivity index (χ3n) is 5.29. The van der Waals surface area contributed by atoms with Gasteiger partial charge >= 0.3 is 0 Å². The Kier molecular flexibility index (Phi) is 6.15. The molecule has 3 aromatic rings. The number of nitrogens with two attached hydrogens (primary N) is 1. The minimum atomic E-state index is -0.401. The number of benzene rings is 1. The van der Waals surface area contributed by atoms with Gasteiger partial charge in [-0.1, -0.05) is 18.7 Å². The van der Waals surface area contributed by atoms with Gasteiger partial charge in [0.25, 0.3) is 0 Å². The van der Waals surface area contributed by atoms with Crippen molar-refractivity contribution >= 4 is 62.3 Å². The van der Waals surface area contributed by atoms with E-state index in [1.807, 2.05) is 6.92 Å². The van der Waals surface area contributed by atoms with E-state index in [-0.39, 0.29) is 11.8 Å². The maximum absolute atomic E-state index is 12.6. The quantitative estimate of drug-likeness (QED) is 0.387. The molecule has 31 heavy (non-hydrogen) atoms. The lowest BCUT2D eigenvalue weighted by Crippen LogP contribution is -2.22. The monoisotopic (exact) mass is 455 g/mol. The fraction of sp³-hybridized carbons (Fsp3) is 0.364. The molecule has 0 bridgehead atoms. The van der Waals surface area contributed by atoms with Gasteiger partial charge in [0, 0.05) is 23.2 Å². The average Bonchev–Trinajstić information content (AvgIpc) is 3.06. The number of nitrogen functional groups attached to an aromatic ring is 1. The highest BCUT2D eigenvalue weighted by Crippen LogP contribution is 2.40. The molecule has 0 saturated carbocycles. The van der Waals surface area contributed by atoms with Crippen LogP contribution in [0.4, 0.5) is 17.2 Å². The van der Waals surface area contributed by atoms with Gasteiger partial charge < -0.3 is 16.4 Å². The molecular formula is C22H25N5O2S2. The summed E-state index contributed by atoms with van der Waals surface area (Å²) in [4.78, 5) is 35.2. The molecular weight excluding hydrogens is 430 g/mol. The maximum Gasteiger partial charge on any atom is 0.237 e. The molecule has 4 N–H and O–H groups in total. The molecule has 2 heterocycles. The Morgan fingerprint density at radius 2 is 1.87 bits per heavy atom. The number of aryl methyl sites for hydroxylation is 1. The summed E-state index contributed by atoms with van der Waals surface area (Å²) in [6.45, 7) is 5.54. The zero-order chi connectivity index (χ0) is 22.1. The number of thiophene rings is 1. The molecule has 0 unspecified atom stereocenters. The number of nitrogens with one attached hydrogen (secondary N) is 2. The first-order valence-electron chi connectivity index (χ1n) is 10.2. The standard InChI is InChI=1S/C22H25N5O2S2/c1-11-4-9-16-17(10-11)31-21-18(16)19(23)26-22(27-21)30-12(2)20(29)25-15-7-5-14(6-8-15)24-13(3)28/h5-8,11-12H,4,9-10H2,1-3H3,(H,24,28)(H,25,29)(H2,23,26,27)/t11-,12+/m0/s1. The summed E-state index contributed by atoms with van der Waals surface area (Å²) >= 11 is 2.99. The highest BCUT2D eigenvalue weighted by molar-refractivity contribution is 8.00. The number of hydrogen-bond donors (Lipinski definition) is 3. The van der Waals surface area contributed by atoms with E-state index >= 15 is 0 Å². The average molecular weight is 456 g/mol. The highest BCUT2D eigenvalue weighted by Gasteiger charge is 2.24. The van der Waals surface area contributed by atoms with Gasteiger partial charge in [-0.25, -0.2) is 9.97 Å². The predicted octanol–water partition coefficient (Wildman–Crippen LogP) is 4.48. The molecule has 9 heteroatoms. The number of aromatic nitrogens is 2. The Hall–Kier alpha value is -2.65. The zero-order valence-electron chi connectivity index (χ0n) is 17.7. The van der Waals surface area contributed by atoms with E-state index in [9.17, 15) is 9.59 Å². The number of rotatable bonds is 5. The van der Waals surface area contributed by atoms with Crippen LogP contribution >= 0.6 is 23.1 Å². The zero-order valence-corrected chi connectivity index (χ0v) is 19.3. The van der Waals surface area contributed by atoms with Gasteiger partial charge in [-0.3, -0.25) is 9.59 Å². The first kappa shape index (κ1) is 21.6. The minimum Gasteiger partial charge on any atom is -0.383 e. The molecule has 0 radical (unpaired) electrons. The van der Waals surface area contributed by atoms with E-state index in [1.54, 1.807) is 35.6 Å². The van der Waals surface area contributed by atoms with E-state index in [1.165, 1.54) is 29.1 Å². The van der Waals surface area contributed by atoms with Crippen LogP contribution in [0.3, 0.4) is 0 Å². The van der Waals surface area contributed by atoms with Gasteiger partial charge in [-0.2, -0.15) is 0 Å². The Bertz CT molecular complexity index is 1140. The van der Waals surface area contributed by atoms with Crippen molar-refractivity contribution in [3.8, 4) is 0 Å². The molecule has 7 nitrogen and oxygen atoms in total. The van der Waals surface area contributed by atoms with E-state index < -0.39 is 5.25 Å². The van der Waals surface area contributed by atoms with E-state index in [0.717, 1.165) is 29.5 Å². The first-order valence-corrected chi connectivity index (χ1v) is 11.9. The number of thioether (sulfide) groups is 1. The highest BCUT2D eigenvalue weighted by atomic mass is 32.2. The molecule has 2 amide bonds. The van der Waals surface area contributed by atoms with Crippen molar-refractivity contribution in [1.82, 2.24) is 9.97 Å². The Balaban J connectivity index is 1.45. The van der Waals surface area contributed by atoms with Crippen molar-refractivity contribution in [2.75, 3.05) is 16.4 Å². The van der Waals surface area contributed by atoms with Crippen LogP contribution in [0.25, 0.3) is 10.2 Å². The summed E-state index contributed by atoms with van der Waals surface area (Å²) in [6, 6.07) is 6.98. The summed E-state index contributed by atoms with van der Waals surface area (Å²) < 4.78 is 0. The number of amides is 2. The van der Waals surface area contributed by atoms with Crippen molar-refractivity contribution in [3.05, 3.63) is 34.7 Å². The third kappa shape index (κ3) is 4.83. The summed E-state index contributed by atoms with van der Waals surface area (Å²) in [7, 11) is 0. The lowest BCUT2D eigenvalue weighted by Gasteiger charge is -2.17. The first-order chi connectivity index (χ1) is 14.8. The van der Waals surface area contributed by atoms with Gasteiger partial charge in [0.2, 0.25) is 11.8 Å². The Labute approximate surface area is 189 Å². The predicted molar refractivity (Wildman–Crippen MR) is 128 cm³/mol. The molecule has 162 valence electrons.